The Morgan fingerprint density at radius 1 is 0.889 bits per heavy atom. The highest BCUT2D eigenvalue weighted by atomic mass is 19.4. The number of carbonyl (C=O) groups is 2. The highest BCUT2D eigenvalue weighted by molar-refractivity contribution is 5.92. The SMILES string of the molecule is Cn1nccc1C(=O)NCCNCc1ccc(-c2cccc(-c3nc4ccc(C(F)(F)F)cc4[nH]3)c2)cc1.O=C(O)C(F)(F)F. The number of carboxylic acid groups (broad SMARTS) is 1. The lowest BCUT2D eigenvalue weighted by Crippen LogP contribution is -2.32. The van der Waals surface area contributed by atoms with Crippen LogP contribution in [-0.4, -0.2) is 56.0 Å². The van der Waals surface area contributed by atoms with Gasteiger partial charge in [-0.1, -0.05) is 42.5 Å². The van der Waals surface area contributed by atoms with Gasteiger partial charge in [0.1, 0.15) is 11.5 Å². The fourth-order valence-electron chi connectivity index (χ4n) is 4.17. The van der Waals surface area contributed by atoms with Gasteiger partial charge in [0, 0.05) is 38.4 Å². The van der Waals surface area contributed by atoms with Gasteiger partial charge in [0.25, 0.3) is 5.91 Å². The molecule has 4 N–H and O–H groups in total. The van der Waals surface area contributed by atoms with E-state index in [4.69, 9.17) is 9.90 Å². The van der Waals surface area contributed by atoms with Crippen LogP contribution in [-0.2, 0) is 24.6 Å². The van der Waals surface area contributed by atoms with E-state index < -0.39 is 23.9 Å². The van der Waals surface area contributed by atoms with Crippen molar-refractivity contribution in [2.45, 2.75) is 18.9 Å². The number of carbonyl (C=O) groups excluding carboxylic acids is 1. The fraction of sp³-hybridized carbons (Fsp3) is 0.200. The molecular formula is C30H26F6N6O3. The second-order valence-corrected chi connectivity index (χ2v) is 9.67. The summed E-state index contributed by atoms with van der Waals surface area (Å²) in [6.45, 7) is 1.77. The van der Waals surface area contributed by atoms with Gasteiger partial charge in [-0.05, 0) is 47.0 Å². The number of benzene rings is 3. The first kappa shape index (κ1) is 32.7. The molecule has 5 aromatic rings. The van der Waals surface area contributed by atoms with Gasteiger partial charge < -0.3 is 20.7 Å². The van der Waals surface area contributed by atoms with Crippen molar-refractivity contribution in [3.05, 3.63) is 95.8 Å². The summed E-state index contributed by atoms with van der Waals surface area (Å²) in [6.07, 6.45) is -7.90. The third-order valence-electron chi connectivity index (χ3n) is 6.44. The normalized spacial score (nSPS) is 11.6. The number of rotatable bonds is 8. The van der Waals surface area contributed by atoms with Gasteiger partial charge in [0.05, 0.1) is 16.6 Å². The van der Waals surface area contributed by atoms with Gasteiger partial charge in [-0.25, -0.2) is 9.78 Å². The first-order valence-electron chi connectivity index (χ1n) is 13.3. The average molecular weight is 633 g/mol. The van der Waals surface area contributed by atoms with Crippen LogP contribution in [0.4, 0.5) is 26.3 Å². The molecule has 1 amide bonds. The number of halogens is 6. The Morgan fingerprint density at radius 2 is 1.58 bits per heavy atom. The molecule has 0 bridgehead atoms. The number of alkyl halides is 6. The second kappa shape index (κ2) is 13.6. The lowest BCUT2D eigenvalue weighted by Gasteiger charge is -2.09. The van der Waals surface area contributed by atoms with Gasteiger partial charge in [0.15, 0.2) is 0 Å². The smallest absolute Gasteiger partial charge is 0.475 e. The van der Waals surface area contributed by atoms with Crippen LogP contribution in [0.1, 0.15) is 21.6 Å². The molecule has 236 valence electrons. The first-order valence-corrected chi connectivity index (χ1v) is 13.3. The van der Waals surface area contributed by atoms with E-state index >= 15 is 0 Å². The van der Waals surface area contributed by atoms with E-state index in [-0.39, 0.29) is 5.91 Å². The largest absolute Gasteiger partial charge is 0.490 e. The molecule has 0 spiro atoms. The van der Waals surface area contributed by atoms with Gasteiger partial charge in [0.2, 0.25) is 0 Å². The molecule has 0 atom stereocenters. The first-order chi connectivity index (χ1) is 21.2. The maximum absolute atomic E-state index is 13.1. The lowest BCUT2D eigenvalue weighted by molar-refractivity contribution is -0.192. The molecule has 0 saturated heterocycles. The number of aromatic amines is 1. The third-order valence-corrected chi connectivity index (χ3v) is 6.44. The fourth-order valence-corrected chi connectivity index (χ4v) is 4.17. The molecule has 0 unspecified atom stereocenters. The maximum atomic E-state index is 13.1. The Hall–Kier alpha value is -5.18. The van der Waals surface area contributed by atoms with Crippen molar-refractivity contribution in [1.82, 2.24) is 30.4 Å². The summed E-state index contributed by atoms with van der Waals surface area (Å²) >= 11 is 0. The summed E-state index contributed by atoms with van der Waals surface area (Å²) in [5.74, 6) is -2.41. The van der Waals surface area contributed by atoms with Gasteiger partial charge >= 0.3 is 18.3 Å². The number of carboxylic acids is 1. The monoisotopic (exact) mass is 632 g/mol. The van der Waals surface area contributed by atoms with Crippen LogP contribution in [0.15, 0.2) is 79.0 Å². The summed E-state index contributed by atoms with van der Waals surface area (Å²) in [6, 6.07) is 21.0. The van der Waals surface area contributed by atoms with E-state index in [1.807, 2.05) is 48.5 Å². The van der Waals surface area contributed by atoms with Crippen molar-refractivity contribution in [2.75, 3.05) is 13.1 Å². The topological polar surface area (TPSA) is 125 Å². The summed E-state index contributed by atoms with van der Waals surface area (Å²) in [5, 5.41) is 17.3. The molecule has 5 rings (SSSR count). The Morgan fingerprint density at radius 3 is 2.20 bits per heavy atom. The summed E-state index contributed by atoms with van der Waals surface area (Å²) in [5.41, 5.74) is 4.48. The highest BCUT2D eigenvalue weighted by Crippen LogP contribution is 2.32. The zero-order valence-electron chi connectivity index (χ0n) is 23.5. The molecule has 2 aromatic heterocycles. The predicted molar refractivity (Wildman–Crippen MR) is 153 cm³/mol. The molecule has 15 heteroatoms. The number of H-pyrrole nitrogens is 1. The minimum Gasteiger partial charge on any atom is -0.475 e. The molecule has 0 aliphatic carbocycles. The van der Waals surface area contributed by atoms with Crippen molar-refractivity contribution in [1.29, 1.82) is 0 Å². The Kier molecular flexibility index (Phi) is 9.91. The maximum Gasteiger partial charge on any atom is 0.490 e. The molecule has 0 aliphatic heterocycles. The summed E-state index contributed by atoms with van der Waals surface area (Å²) in [4.78, 5) is 28.5. The number of nitrogens with one attached hydrogen (secondary N) is 3. The van der Waals surface area contributed by atoms with Crippen LogP contribution in [0.5, 0.6) is 0 Å². The van der Waals surface area contributed by atoms with Crippen LogP contribution in [0, 0.1) is 0 Å². The highest BCUT2D eigenvalue weighted by Gasteiger charge is 2.38. The third kappa shape index (κ3) is 8.69. The van der Waals surface area contributed by atoms with E-state index in [0.717, 1.165) is 34.4 Å². The van der Waals surface area contributed by atoms with Crippen molar-refractivity contribution in [3.63, 3.8) is 0 Å². The van der Waals surface area contributed by atoms with E-state index in [1.54, 1.807) is 19.3 Å². The zero-order chi connectivity index (χ0) is 32.8. The van der Waals surface area contributed by atoms with Gasteiger partial charge in [-0.3, -0.25) is 9.48 Å². The molecule has 2 heterocycles. The van der Waals surface area contributed by atoms with Crippen molar-refractivity contribution < 1.29 is 41.0 Å². The quantitative estimate of drug-likeness (QED) is 0.127. The number of hydrogen-bond donors (Lipinski definition) is 4. The predicted octanol–water partition coefficient (Wildman–Crippen LogP) is 5.80. The number of amides is 1. The van der Waals surface area contributed by atoms with E-state index in [0.29, 0.717) is 42.2 Å². The number of hydrogen-bond acceptors (Lipinski definition) is 5. The number of fused-ring (bicyclic) bond motifs is 1. The number of imidazole rings is 1. The second-order valence-electron chi connectivity index (χ2n) is 9.67. The standard InChI is InChI=1S/C28H25F3N6O.C2HF3O2/c1-37-25(11-12-34-37)27(38)33-14-13-32-17-18-5-7-19(8-6-18)20-3-2-4-21(15-20)26-35-23-10-9-22(28(29,30)31)16-24(23)36-26;3-2(4,5)1(6)7/h2-12,15-16,32H,13-14,17H2,1H3,(H,33,38)(H,35,36);(H,6,7). The summed E-state index contributed by atoms with van der Waals surface area (Å²) < 4.78 is 72.4. The number of aromatic nitrogens is 4. The Balaban J connectivity index is 0.000000591. The van der Waals surface area contributed by atoms with E-state index in [2.05, 4.69) is 25.7 Å². The van der Waals surface area contributed by atoms with Crippen molar-refractivity contribution in [2.24, 2.45) is 7.05 Å². The number of aryl methyl sites for hydroxylation is 1. The molecule has 0 aliphatic rings. The van der Waals surface area contributed by atoms with E-state index in [9.17, 15) is 31.1 Å². The van der Waals surface area contributed by atoms with Crippen LogP contribution in [0.25, 0.3) is 33.5 Å². The van der Waals surface area contributed by atoms with Crippen molar-refractivity contribution in [3.8, 4) is 22.5 Å². The zero-order valence-corrected chi connectivity index (χ0v) is 23.5. The van der Waals surface area contributed by atoms with Crippen LogP contribution < -0.4 is 10.6 Å². The molecule has 0 saturated carbocycles. The minimum absolute atomic E-state index is 0.160. The minimum atomic E-state index is -5.08. The molecule has 0 fully saturated rings. The average Bonchev–Trinajstić information content (AvgIpc) is 3.62. The summed E-state index contributed by atoms with van der Waals surface area (Å²) in [7, 11) is 1.72. The van der Waals surface area contributed by atoms with Crippen molar-refractivity contribution >= 4 is 22.9 Å². The van der Waals surface area contributed by atoms with Gasteiger partial charge in [-0.2, -0.15) is 31.4 Å². The lowest BCUT2D eigenvalue weighted by atomic mass is 10.0. The number of nitrogens with zero attached hydrogens (tertiary/aromatic N) is 3. The molecule has 3 aromatic carbocycles. The molecule has 0 radical (unpaired) electrons. The van der Waals surface area contributed by atoms with E-state index in [1.165, 1.54) is 10.7 Å². The molecular weight excluding hydrogens is 606 g/mol. The molecule has 9 nitrogen and oxygen atoms in total. The molecule has 45 heavy (non-hydrogen) atoms. The Labute approximate surface area is 251 Å². The Bertz CT molecular complexity index is 1780. The number of aliphatic carboxylic acids is 1. The van der Waals surface area contributed by atoms with Crippen LogP contribution in [0.3, 0.4) is 0 Å². The van der Waals surface area contributed by atoms with Crippen LogP contribution >= 0.6 is 0 Å². The van der Waals surface area contributed by atoms with Crippen LogP contribution in [0.2, 0.25) is 0 Å². The van der Waals surface area contributed by atoms with Gasteiger partial charge in [-0.15, -0.1) is 0 Å².